The van der Waals surface area contributed by atoms with E-state index in [1.54, 1.807) is 11.8 Å². The Morgan fingerprint density at radius 3 is 2.53 bits per heavy atom. The molecule has 0 radical (unpaired) electrons. The predicted molar refractivity (Wildman–Crippen MR) is 70.1 cm³/mol. The normalized spacial score (nSPS) is 11.3. The van der Waals surface area contributed by atoms with Crippen molar-refractivity contribution in [3.05, 3.63) is 23.8 Å². The van der Waals surface area contributed by atoms with Crippen LogP contribution in [-0.4, -0.2) is 23.9 Å². The molecule has 0 saturated heterocycles. The largest absolute Gasteiger partial charge is 0.482 e. The third kappa shape index (κ3) is 3.97. The third-order valence-corrected chi connectivity index (χ3v) is 3.14. The van der Waals surface area contributed by atoms with Gasteiger partial charge < -0.3 is 9.84 Å². The second-order valence-corrected chi connectivity index (χ2v) is 5.64. The molecule has 0 saturated carbocycles. The van der Waals surface area contributed by atoms with Gasteiger partial charge in [-0.1, -0.05) is 20.8 Å². The van der Waals surface area contributed by atoms with Crippen LogP contribution in [-0.2, 0) is 10.2 Å². The van der Waals surface area contributed by atoms with E-state index in [9.17, 15) is 4.79 Å². The summed E-state index contributed by atoms with van der Waals surface area (Å²) in [6.07, 6.45) is 2.03. The second kappa shape index (κ2) is 5.45. The predicted octanol–water partition coefficient (Wildman–Crippen LogP) is 3.17. The number of carbonyl (C=O) groups is 1. The van der Waals surface area contributed by atoms with E-state index in [4.69, 9.17) is 9.84 Å². The highest BCUT2D eigenvalue weighted by Crippen LogP contribution is 2.34. The van der Waals surface area contributed by atoms with Crippen LogP contribution in [0.2, 0.25) is 0 Å². The van der Waals surface area contributed by atoms with Crippen LogP contribution in [0, 0.1) is 0 Å². The summed E-state index contributed by atoms with van der Waals surface area (Å²) >= 11 is 1.68. The molecule has 0 atom stereocenters. The van der Waals surface area contributed by atoms with E-state index in [2.05, 4.69) is 20.8 Å². The lowest BCUT2D eigenvalue weighted by Gasteiger charge is -2.22. The smallest absolute Gasteiger partial charge is 0.341 e. The third-order valence-electron chi connectivity index (χ3n) is 2.34. The molecule has 1 rings (SSSR count). The quantitative estimate of drug-likeness (QED) is 0.838. The van der Waals surface area contributed by atoms with Crippen LogP contribution in [0.1, 0.15) is 26.3 Å². The summed E-state index contributed by atoms with van der Waals surface area (Å²) < 4.78 is 5.19. The molecule has 0 amide bonds. The average Bonchev–Trinajstić information content (AvgIpc) is 2.24. The molecule has 0 aromatic heterocycles. The molecular formula is C13H18O3S. The minimum Gasteiger partial charge on any atom is -0.482 e. The highest BCUT2D eigenvalue weighted by molar-refractivity contribution is 7.98. The van der Waals surface area contributed by atoms with Crippen molar-refractivity contribution in [2.45, 2.75) is 31.1 Å². The van der Waals surface area contributed by atoms with Gasteiger partial charge in [0.2, 0.25) is 0 Å². The Balaban J connectivity index is 3.01. The number of carboxylic acids is 1. The van der Waals surface area contributed by atoms with Crippen molar-refractivity contribution in [3.8, 4) is 5.75 Å². The van der Waals surface area contributed by atoms with E-state index in [0.29, 0.717) is 5.75 Å². The van der Waals surface area contributed by atoms with Crippen molar-refractivity contribution in [1.29, 1.82) is 0 Å². The molecule has 0 aliphatic carbocycles. The number of carboxylic acid groups (broad SMARTS) is 1. The molecule has 0 spiro atoms. The Morgan fingerprint density at radius 1 is 1.41 bits per heavy atom. The minimum atomic E-state index is -0.962. The number of ether oxygens (including phenoxy) is 1. The molecule has 94 valence electrons. The molecule has 1 N–H and O–H groups in total. The van der Waals surface area contributed by atoms with Gasteiger partial charge in [0.1, 0.15) is 5.75 Å². The number of thioether (sulfide) groups is 1. The topological polar surface area (TPSA) is 46.5 Å². The molecule has 0 aliphatic rings. The van der Waals surface area contributed by atoms with Crippen LogP contribution < -0.4 is 4.74 Å². The summed E-state index contributed by atoms with van der Waals surface area (Å²) in [6.45, 7) is 6.08. The number of hydrogen-bond donors (Lipinski definition) is 1. The molecule has 0 bridgehead atoms. The SMILES string of the molecule is CSc1ccc(OCC(=O)O)cc1C(C)(C)C. The molecular weight excluding hydrogens is 236 g/mol. The minimum absolute atomic E-state index is 0.0148. The number of benzene rings is 1. The molecule has 0 aliphatic heterocycles. The lowest BCUT2D eigenvalue weighted by Crippen LogP contribution is -2.14. The summed E-state index contributed by atoms with van der Waals surface area (Å²) in [5, 5.41) is 8.58. The first kappa shape index (κ1) is 13.9. The zero-order valence-electron chi connectivity index (χ0n) is 10.6. The van der Waals surface area contributed by atoms with Gasteiger partial charge in [-0.2, -0.15) is 0 Å². The molecule has 1 aromatic carbocycles. The molecule has 4 heteroatoms. The van der Waals surface area contributed by atoms with E-state index in [-0.39, 0.29) is 12.0 Å². The van der Waals surface area contributed by atoms with Crippen molar-refractivity contribution >= 4 is 17.7 Å². The van der Waals surface area contributed by atoms with Crippen molar-refractivity contribution in [2.75, 3.05) is 12.9 Å². The molecule has 3 nitrogen and oxygen atoms in total. The van der Waals surface area contributed by atoms with Crippen molar-refractivity contribution in [2.24, 2.45) is 0 Å². The van der Waals surface area contributed by atoms with Crippen LogP contribution in [0.5, 0.6) is 5.75 Å². The zero-order valence-corrected chi connectivity index (χ0v) is 11.4. The second-order valence-electron chi connectivity index (χ2n) is 4.79. The number of hydrogen-bond acceptors (Lipinski definition) is 3. The first-order valence-corrected chi connectivity index (χ1v) is 6.60. The van der Waals surface area contributed by atoms with Crippen LogP contribution >= 0.6 is 11.8 Å². The van der Waals surface area contributed by atoms with Crippen molar-refractivity contribution < 1.29 is 14.6 Å². The van der Waals surface area contributed by atoms with Gasteiger partial charge in [-0.3, -0.25) is 0 Å². The fourth-order valence-corrected chi connectivity index (χ4v) is 2.30. The van der Waals surface area contributed by atoms with Gasteiger partial charge in [-0.05, 0) is 35.4 Å². The summed E-state index contributed by atoms with van der Waals surface area (Å²) in [5.41, 5.74) is 1.19. The van der Waals surface area contributed by atoms with E-state index in [1.807, 2.05) is 24.5 Å². The fraction of sp³-hybridized carbons (Fsp3) is 0.462. The Bertz CT molecular complexity index is 408. The Labute approximate surface area is 106 Å². The fourth-order valence-electron chi connectivity index (χ4n) is 1.51. The van der Waals surface area contributed by atoms with Gasteiger partial charge in [-0.15, -0.1) is 11.8 Å². The van der Waals surface area contributed by atoms with Gasteiger partial charge in [-0.25, -0.2) is 4.79 Å². The van der Waals surface area contributed by atoms with Gasteiger partial charge in [0.25, 0.3) is 0 Å². The first-order chi connectivity index (χ1) is 7.84. The van der Waals surface area contributed by atoms with E-state index < -0.39 is 5.97 Å². The molecule has 1 aromatic rings. The van der Waals surface area contributed by atoms with E-state index >= 15 is 0 Å². The standard InChI is InChI=1S/C13H18O3S/c1-13(2,3)10-7-9(16-8-12(14)15)5-6-11(10)17-4/h5-7H,8H2,1-4H3,(H,14,15). The Hall–Kier alpha value is -1.16. The van der Waals surface area contributed by atoms with Crippen LogP contribution in [0.15, 0.2) is 23.1 Å². The van der Waals surface area contributed by atoms with Crippen LogP contribution in [0.3, 0.4) is 0 Å². The van der Waals surface area contributed by atoms with Crippen molar-refractivity contribution in [1.82, 2.24) is 0 Å². The Kier molecular flexibility index (Phi) is 4.46. The lowest BCUT2D eigenvalue weighted by molar-refractivity contribution is -0.139. The highest BCUT2D eigenvalue weighted by Gasteiger charge is 2.18. The first-order valence-electron chi connectivity index (χ1n) is 5.37. The maximum Gasteiger partial charge on any atom is 0.341 e. The van der Waals surface area contributed by atoms with Gasteiger partial charge in [0.15, 0.2) is 6.61 Å². The van der Waals surface area contributed by atoms with Crippen molar-refractivity contribution in [3.63, 3.8) is 0 Å². The summed E-state index contributed by atoms with van der Waals surface area (Å²) in [5.74, 6) is -0.355. The maximum atomic E-state index is 10.4. The van der Waals surface area contributed by atoms with Crippen LogP contribution in [0.4, 0.5) is 0 Å². The monoisotopic (exact) mass is 254 g/mol. The maximum absolute atomic E-state index is 10.4. The van der Waals surface area contributed by atoms with Gasteiger partial charge >= 0.3 is 5.97 Å². The van der Waals surface area contributed by atoms with Crippen LogP contribution in [0.25, 0.3) is 0 Å². The summed E-state index contributed by atoms with van der Waals surface area (Å²) in [6, 6.07) is 5.71. The number of rotatable bonds is 4. The average molecular weight is 254 g/mol. The summed E-state index contributed by atoms with van der Waals surface area (Å²) in [4.78, 5) is 11.6. The molecule has 0 unspecified atom stereocenters. The van der Waals surface area contributed by atoms with Gasteiger partial charge in [0.05, 0.1) is 0 Å². The zero-order chi connectivity index (χ0) is 13.1. The van der Waals surface area contributed by atoms with E-state index in [1.165, 1.54) is 10.5 Å². The number of aliphatic carboxylic acids is 1. The molecule has 17 heavy (non-hydrogen) atoms. The van der Waals surface area contributed by atoms with E-state index in [0.717, 1.165) is 0 Å². The highest BCUT2D eigenvalue weighted by atomic mass is 32.2. The summed E-state index contributed by atoms with van der Waals surface area (Å²) in [7, 11) is 0. The van der Waals surface area contributed by atoms with Gasteiger partial charge in [0, 0.05) is 4.90 Å². The lowest BCUT2D eigenvalue weighted by atomic mass is 9.87. The Morgan fingerprint density at radius 2 is 2.06 bits per heavy atom. The molecule has 0 fully saturated rings. The molecule has 0 heterocycles.